The minimum absolute atomic E-state index is 0.343. The highest BCUT2D eigenvalue weighted by Crippen LogP contribution is 2.19. The van der Waals surface area contributed by atoms with E-state index in [4.69, 9.17) is 14.9 Å². The van der Waals surface area contributed by atoms with Crippen LogP contribution in [0.4, 0.5) is 5.82 Å². The zero-order valence-corrected chi connectivity index (χ0v) is 8.30. The Labute approximate surface area is 86.9 Å². The Hall–Kier alpha value is -1.88. The molecule has 0 atom stereocenters. The Bertz CT molecular complexity index is 440. The first kappa shape index (κ1) is 9.67. The van der Waals surface area contributed by atoms with Crippen LogP contribution in [0, 0.1) is 0 Å². The van der Waals surface area contributed by atoms with Gasteiger partial charge in [0.2, 0.25) is 0 Å². The van der Waals surface area contributed by atoms with Crippen molar-refractivity contribution in [3.05, 3.63) is 30.5 Å². The van der Waals surface area contributed by atoms with Crippen LogP contribution in [0.5, 0.6) is 0 Å². The van der Waals surface area contributed by atoms with Crippen molar-refractivity contribution >= 4 is 5.82 Å². The summed E-state index contributed by atoms with van der Waals surface area (Å²) in [5, 5.41) is 0. The molecule has 0 aromatic carbocycles. The molecule has 0 saturated heterocycles. The highest BCUT2D eigenvalue weighted by Gasteiger charge is 2.05. The third-order valence-corrected chi connectivity index (χ3v) is 1.88. The summed E-state index contributed by atoms with van der Waals surface area (Å²) < 4.78 is 9.93. The zero-order chi connectivity index (χ0) is 10.7. The van der Waals surface area contributed by atoms with Gasteiger partial charge in [0.1, 0.15) is 12.4 Å². The maximum atomic E-state index is 5.66. The van der Waals surface area contributed by atoms with Crippen LogP contribution in [0.25, 0.3) is 11.3 Å². The lowest BCUT2D eigenvalue weighted by molar-refractivity contribution is 0.178. The van der Waals surface area contributed by atoms with Crippen LogP contribution >= 0.6 is 0 Å². The van der Waals surface area contributed by atoms with Crippen LogP contribution in [0.3, 0.4) is 0 Å². The monoisotopic (exact) mass is 205 g/mol. The Morgan fingerprint density at radius 3 is 3.00 bits per heavy atom. The fraction of sp³-hybridized carbons (Fsp3) is 0.200. The average molecular weight is 205 g/mol. The largest absolute Gasteiger partial charge is 0.472 e. The van der Waals surface area contributed by atoms with Gasteiger partial charge < -0.3 is 14.9 Å². The van der Waals surface area contributed by atoms with E-state index < -0.39 is 0 Å². The van der Waals surface area contributed by atoms with Crippen molar-refractivity contribution < 1.29 is 9.15 Å². The number of rotatable bonds is 3. The van der Waals surface area contributed by atoms with Gasteiger partial charge in [0.25, 0.3) is 0 Å². The Morgan fingerprint density at radius 1 is 1.47 bits per heavy atom. The lowest BCUT2D eigenvalue weighted by atomic mass is 10.2. The number of furan rings is 1. The number of hydrogen-bond donors (Lipinski definition) is 1. The third-order valence-electron chi connectivity index (χ3n) is 1.88. The lowest BCUT2D eigenvalue weighted by Gasteiger charge is -2.02. The molecule has 2 rings (SSSR count). The summed E-state index contributed by atoms with van der Waals surface area (Å²) in [4.78, 5) is 8.33. The molecule has 2 N–H and O–H groups in total. The molecule has 2 aromatic heterocycles. The predicted molar refractivity (Wildman–Crippen MR) is 54.9 cm³/mol. The van der Waals surface area contributed by atoms with Crippen LogP contribution in [-0.4, -0.2) is 17.1 Å². The minimum atomic E-state index is 0.343. The van der Waals surface area contributed by atoms with Crippen molar-refractivity contribution in [2.75, 3.05) is 12.8 Å². The van der Waals surface area contributed by atoms with Gasteiger partial charge >= 0.3 is 0 Å². The van der Waals surface area contributed by atoms with E-state index in [-0.39, 0.29) is 0 Å². The van der Waals surface area contributed by atoms with Gasteiger partial charge in [-0.25, -0.2) is 9.97 Å². The van der Waals surface area contributed by atoms with Crippen molar-refractivity contribution in [1.82, 2.24) is 9.97 Å². The standard InChI is InChI=1S/C10H11N3O2/c1-14-6-10-12-8(4-9(11)13-10)7-2-3-15-5-7/h2-5H,6H2,1H3,(H2,11,12,13). The molecule has 0 aliphatic heterocycles. The van der Waals surface area contributed by atoms with Gasteiger partial charge in [-0.2, -0.15) is 0 Å². The topological polar surface area (TPSA) is 74.2 Å². The van der Waals surface area contributed by atoms with E-state index >= 15 is 0 Å². The number of nitrogens with zero attached hydrogens (tertiary/aromatic N) is 2. The van der Waals surface area contributed by atoms with Gasteiger partial charge in [-0.05, 0) is 6.07 Å². The molecule has 0 amide bonds. The molecule has 0 aliphatic carbocycles. The molecule has 2 aromatic rings. The molecule has 0 saturated carbocycles. The first-order valence-corrected chi connectivity index (χ1v) is 4.44. The number of anilines is 1. The first-order chi connectivity index (χ1) is 7.29. The van der Waals surface area contributed by atoms with Crippen molar-refractivity contribution in [2.45, 2.75) is 6.61 Å². The van der Waals surface area contributed by atoms with Crippen LogP contribution in [0.1, 0.15) is 5.82 Å². The summed E-state index contributed by atoms with van der Waals surface area (Å²) in [6.45, 7) is 0.343. The van der Waals surface area contributed by atoms with Crippen LogP contribution < -0.4 is 5.73 Å². The summed E-state index contributed by atoms with van der Waals surface area (Å²) in [5.41, 5.74) is 7.27. The molecule has 0 fully saturated rings. The molecular weight excluding hydrogens is 194 g/mol. The number of nitrogens with two attached hydrogens (primary N) is 1. The van der Waals surface area contributed by atoms with E-state index in [1.807, 2.05) is 6.07 Å². The van der Waals surface area contributed by atoms with E-state index in [0.29, 0.717) is 18.2 Å². The van der Waals surface area contributed by atoms with Crippen molar-refractivity contribution in [2.24, 2.45) is 0 Å². The maximum Gasteiger partial charge on any atom is 0.157 e. The molecule has 15 heavy (non-hydrogen) atoms. The molecular formula is C10H11N3O2. The molecule has 5 heteroatoms. The van der Waals surface area contributed by atoms with E-state index in [2.05, 4.69) is 9.97 Å². The van der Waals surface area contributed by atoms with Crippen molar-refractivity contribution in [3.63, 3.8) is 0 Å². The molecule has 0 bridgehead atoms. The Balaban J connectivity index is 2.40. The second-order valence-electron chi connectivity index (χ2n) is 3.04. The average Bonchev–Trinajstić information content (AvgIpc) is 2.70. The van der Waals surface area contributed by atoms with Crippen LogP contribution in [0.15, 0.2) is 29.1 Å². The summed E-state index contributed by atoms with van der Waals surface area (Å²) in [7, 11) is 1.59. The van der Waals surface area contributed by atoms with E-state index in [1.165, 1.54) is 0 Å². The van der Waals surface area contributed by atoms with Crippen LogP contribution in [0.2, 0.25) is 0 Å². The molecule has 5 nitrogen and oxygen atoms in total. The molecule has 0 aliphatic rings. The number of methoxy groups -OCH3 is 1. The van der Waals surface area contributed by atoms with Gasteiger partial charge in [-0.3, -0.25) is 0 Å². The Morgan fingerprint density at radius 2 is 2.33 bits per heavy atom. The molecule has 0 unspecified atom stereocenters. The predicted octanol–water partition coefficient (Wildman–Crippen LogP) is 1.47. The number of hydrogen-bond acceptors (Lipinski definition) is 5. The number of nitrogen functional groups attached to an aromatic ring is 1. The number of aromatic nitrogens is 2. The molecule has 78 valence electrons. The van der Waals surface area contributed by atoms with Gasteiger partial charge in [0, 0.05) is 18.7 Å². The number of ether oxygens (including phenoxy) is 1. The van der Waals surface area contributed by atoms with Crippen LogP contribution in [-0.2, 0) is 11.3 Å². The molecule has 0 spiro atoms. The SMILES string of the molecule is COCc1nc(N)cc(-c2ccoc2)n1. The summed E-state index contributed by atoms with van der Waals surface area (Å²) in [5.74, 6) is 0.988. The summed E-state index contributed by atoms with van der Waals surface area (Å²) >= 11 is 0. The van der Waals surface area contributed by atoms with Crippen molar-refractivity contribution in [3.8, 4) is 11.3 Å². The lowest BCUT2D eigenvalue weighted by Crippen LogP contribution is -2.01. The first-order valence-electron chi connectivity index (χ1n) is 4.44. The summed E-state index contributed by atoms with van der Waals surface area (Å²) in [6.07, 6.45) is 3.20. The normalized spacial score (nSPS) is 10.5. The minimum Gasteiger partial charge on any atom is -0.472 e. The fourth-order valence-electron chi connectivity index (χ4n) is 1.27. The zero-order valence-electron chi connectivity index (χ0n) is 8.30. The second-order valence-corrected chi connectivity index (χ2v) is 3.04. The third kappa shape index (κ3) is 2.13. The van der Waals surface area contributed by atoms with E-state index in [1.54, 1.807) is 25.7 Å². The fourth-order valence-corrected chi connectivity index (χ4v) is 1.27. The van der Waals surface area contributed by atoms with Gasteiger partial charge in [-0.1, -0.05) is 0 Å². The van der Waals surface area contributed by atoms with Gasteiger partial charge in [0.05, 0.1) is 18.2 Å². The maximum absolute atomic E-state index is 5.66. The van der Waals surface area contributed by atoms with E-state index in [0.717, 1.165) is 11.3 Å². The second kappa shape index (κ2) is 4.10. The highest BCUT2D eigenvalue weighted by molar-refractivity contribution is 5.60. The van der Waals surface area contributed by atoms with Crippen molar-refractivity contribution in [1.29, 1.82) is 0 Å². The Kier molecular flexibility index (Phi) is 2.64. The van der Waals surface area contributed by atoms with Gasteiger partial charge in [-0.15, -0.1) is 0 Å². The highest BCUT2D eigenvalue weighted by atomic mass is 16.5. The molecule has 2 heterocycles. The molecule has 0 radical (unpaired) electrons. The van der Waals surface area contributed by atoms with E-state index in [9.17, 15) is 0 Å². The van der Waals surface area contributed by atoms with Gasteiger partial charge in [0.15, 0.2) is 5.82 Å². The quantitative estimate of drug-likeness (QED) is 0.821. The summed E-state index contributed by atoms with van der Waals surface area (Å²) in [6, 6.07) is 3.52. The smallest absolute Gasteiger partial charge is 0.157 e.